The topological polar surface area (TPSA) is 52.8 Å². The molecule has 0 saturated carbocycles. The highest BCUT2D eigenvalue weighted by atomic mass is 16.5. The molecule has 5 nitrogen and oxygen atoms in total. The SMILES string of the molecule is c1ccc(-c2ccccc2OCCCCCCn2cc(-c3cccnc3)nn2)cc1. The van der Waals surface area contributed by atoms with E-state index in [4.69, 9.17) is 4.74 Å². The maximum atomic E-state index is 6.08. The van der Waals surface area contributed by atoms with Crippen molar-refractivity contribution in [2.24, 2.45) is 0 Å². The van der Waals surface area contributed by atoms with Gasteiger partial charge >= 0.3 is 0 Å². The Balaban J connectivity index is 1.17. The Hall–Kier alpha value is -3.47. The summed E-state index contributed by atoms with van der Waals surface area (Å²) < 4.78 is 7.99. The molecule has 4 rings (SSSR count). The van der Waals surface area contributed by atoms with Crippen molar-refractivity contribution >= 4 is 0 Å². The molecule has 0 amide bonds. The zero-order valence-corrected chi connectivity index (χ0v) is 17.0. The van der Waals surface area contributed by atoms with E-state index in [1.807, 2.05) is 47.4 Å². The minimum absolute atomic E-state index is 0.734. The summed E-state index contributed by atoms with van der Waals surface area (Å²) in [6.07, 6.45) is 9.96. The molecule has 0 saturated heterocycles. The Morgan fingerprint density at radius 1 is 0.767 bits per heavy atom. The van der Waals surface area contributed by atoms with Crippen molar-refractivity contribution in [1.29, 1.82) is 0 Å². The average Bonchev–Trinajstić information content (AvgIpc) is 3.29. The van der Waals surface area contributed by atoms with Gasteiger partial charge in [0.1, 0.15) is 11.4 Å². The Labute approximate surface area is 177 Å². The molecule has 0 aliphatic carbocycles. The largest absolute Gasteiger partial charge is 0.493 e. The summed E-state index contributed by atoms with van der Waals surface area (Å²) >= 11 is 0. The van der Waals surface area contributed by atoms with Gasteiger partial charge in [0.25, 0.3) is 0 Å². The molecule has 0 bridgehead atoms. The first-order valence-corrected chi connectivity index (χ1v) is 10.5. The maximum absolute atomic E-state index is 6.08. The van der Waals surface area contributed by atoms with Crippen molar-refractivity contribution in [2.45, 2.75) is 32.2 Å². The number of hydrogen-bond donors (Lipinski definition) is 0. The van der Waals surface area contributed by atoms with Gasteiger partial charge in [0.15, 0.2) is 0 Å². The second kappa shape index (κ2) is 10.3. The normalized spacial score (nSPS) is 10.8. The van der Waals surface area contributed by atoms with Crippen molar-refractivity contribution in [3.8, 4) is 28.1 Å². The summed E-state index contributed by atoms with van der Waals surface area (Å²) in [4.78, 5) is 4.13. The minimum Gasteiger partial charge on any atom is -0.493 e. The molecule has 0 N–H and O–H groups in total. The Bertz CT molecular complexity index is 1030. The summed E-state index contributed by atoms with van der Waals surface area (Å²) in [5.41, 5.74) is 4.20. The molecule has 0 atom stereocenters. The number of aromatic nitrogens is 4. The number of pyridine rings is 1. The van der Waals surface area contributed by atoms with E-state index in [1.165, 1.54) is 5.56 Å². The molecule has 0 spiro atoms. The third kappa shape index (κ3) is 5.32. The third-order valence-electron chi connectivity index (χ3n) is 5.01. The van der Waals surface area contributed by atoms with Gasteiger partial charge in [-0.05, 0) is 43.0 Å². The summed E-state index contributed by atoms with van der Waals surface area (Å²) in [7, 11) is 0. The first kappa shape index (κ1) is 19.8. The minimum atomic E-state index is 0.734. The molecule has 5 heteroatoms. The zero-order valence-electron chi connectivity index (χ0n) is 17.0. The molecule has 0 aliphatic rings. The lowest BCUT2D eigenvalue weighted by atomic mass is 10.1. The van der Waals surface area contributed by atoms with Crippen molar-refractivity contribution in [3.63, 3.8) is 0 Å². The fourth-order valence-electron chi connectivity index (χ4n) is 3.41. The molecule has 0 fully saturated rings. The van der Waals surface area contributed by atoms with Gasteiger partial charge in [0, 0.05) is 30.1 Å². The smallest absolute Gasteiger partial charge is 0.127 e. The molecular weight excluding hydrogens is 372 g/mol. The number of aryl methyl sites for hydroxylation is 1. The zero-order chi connectivity index (χ0) is 20.4. The molecular formula is C25H26N4O. The van der Waals surface area contributed by atoms with E-state index in [0.29, 0.717) is 0 Å². The number of rotatable bonds is 10. The summed E-state index contributed by atoms with van der Waals surface area (Å²) in [5, 5.41) is 8.45. The number of nitrogens with zero attached hydrogens (tertiary/aromatic N) is 4. The van der Waals surface area contributed by atoms with Gasteiger partial charge in [0.2, 0.25) is 0 Å². The van der Waals surface area contributed by atoms with Crippen LogP contribution in [0.3, 0.4) is 0 Å². The van der Waals surface area contributed by atoms with E-state index >= 15 is 0 Å². The van der Waals surface area contributed by atoms with E-state index < -0.39 is 0 Å². The van der Waals surface area contributed by atoms with Crippen LogP contribution in [0.5, 0.6) is 5.75 Å². The van der Waals surface area contributed by atoms with E-state index in [9.17, 15) is 0 Å². The van der Waals surface area contributed by atoms with Gasteiger partial charge in [-0.25, -0.2) is 0 Å². The van der Waals surface area contributed by atoms with Gasteiger partial charge in [-0.2, -0.15) is 0 Å². The highest BCUT2D eigenvalue weighted by Gasteiger charge is 2.06. The first-order valence-electron chi connectivity index (χ1n) is 10.5. The Morgan fingerprint density at radius 3 is 2.43 bits per heavy atom. The molecule has 0 radical (unpaired) electrons. The second-order valence-corrected chi connectivity index (χ2v) is 7.23. The molecule has 2 aromatic carbocycles. The van der Waals surface area contributed by atoms with Crippen molar-refractivity contribution in [3.05, 3.63) is 85.3 Å². The van der Waals surface area contributed by atoms with Crippen LogP contribution in [0.4, 0.5) is 0 Å². The third-order valence-corrected chi connectivity index (χ3v) is 5.01. The number of ether oxygens (including phenoxy) is 1. The highest BCUT2D eigenvalue weighted by Crippen LogP contribution is 2.29. The van der Waals surface area contributed by atoms with Gasteiger partial charge in [0.05, 0.1) is 12.8 Å². The summed E-state index contributed by atoms with van der Waals surface area (Å²) in [6, 6.07) is 22.5. The molecule has 30 heavy (non-hydrogen) atoms. The van der Waals surface area contributed by atoms with Crippen LogP contribution in [-0.2, 0) is 6.54 Å². The lowest BCUT2D eigenvalue weighted by molar-refractivity contribution is 0.305. The van der Waals surface area contributed by atoms with Crippen LogP contribution < -0.4 is 4.74 Å². The number of hydrogen-bond acceptors (Lipinski definition) is 4. The van der Waals surface area contributed by atoms with Crippen molar-refractivity contribution in [1.82, 2.24) is 20.0 Å². The van der Waals surface area contributed by atoms with Crippen LogP contribution in [0, 0.1) is 0 Å². The van der Waals surface area contributed by atoms with E-state index in [2.05, 4.69) is 51.7 Å². The van der Waals surface area contributed by atoms with E-state index in [1.54, 1.807) is 6.20 Å². The van der Waals surface area contributed by atoms with Crippen LogP contribution in [0.15, 0.2) is 85.3 Å². The standard InChI is InChI=1S/C25H26N4O/c1(8-17-29-20-24(27-28-29)22-13-10-16-26-19-22)2-9-18-30-25-15-7-6-14-23(25)21-11-4-3-5-12-21/h3-7,10-16,19-20H,1-2,8-9,17-18H2. The predicted octanol–water partition coefficient (Wildman–Crippen LogP) is 5.65. The summed E-state index contributed by atoms with van der Waals surface area (Å²) in [6.45, 7) is 1.61. The van der Waals surface area contributed by atoms with Crippen LogP contribution >= 0.6 is 0 Å². The molecule has 4 aromatic rings. The van der Waals surface area contributed by atoms with Crippen molar-refractivity contribution in [2.75, 3.05) is 6.61 Å². The fourth-order valence-corrected chi connectivity index (χ4v) is 3.41. The predicted molar refractivity (Wildman–Crippen MR) is 119 cm³/mol. The molecule has 2 heterocycles. The number of unbranched alkanes of at least 4 members (excludes halogenated alkanes) is 3. The lowest BCUT2D eigenvalue weighted by Gasteiger charge is -2.11. The monoisotopic (exact) mass is 398 g/mol. The van der Waals surface area contributed by atoms with Gasteiger partial charge in [-0.3, -0.25) is 9.67 Å². The van der Waals surface area contributed by atoms with Crippen LogP contribution in [0.1, 0.15) is 25.7 Å². The van der Waals surface area contributed by atoms with Crippen LogP contribution in [0.2, 0.25) is 0 Å². The summed E-state index contributed by atoms with van der Waals surface area (Å²) in [5.74, 6) is 0.953. The molecule has 2 aromatic heterocycles. The quantitative estimate of drug-likeness (QED) is 0.324. The lowest BCUT2D eigenvalue weighted by Crippen LogP contribution is -2.01. The van der Waals surface area contributed by atoms with E-state index in [0.717, 1.165) is 61.4 Å². The number of para-hydroxylation sites is 1. The highest BCUT2D eigenvalue weighted by molar-refractivity contribution is 5.70. The van der Waals surface area contributed by atoms with Gasteiger partial charge < -0.3 is 4.74 Å². The van der Waals surface area contributed by atoms with Crippen LogP contribution in [-0.4, -0.2) is 26.6 Å². The average molecular weight is 399 g/mol. The molecule has 0 aliphatic heterocycles. The van der Waals surface area contributed by atoms with Crippen molar-refractivity contribution < 1.29 is 4.74 Å². The Morgan fingerprint density at radius 2 is 1.57 bits per heavy atom. The fraction of sp³-hybridized carbons (Fsp3) is 0.240. The van der Waals surface area contributed by atoms with Gasteiger partial charge in [-0.1, -0.05) is 60.2 Å². The molecule has 152 valence electrons. The van der Waals surface area contributed by atoms with E-state index in [-0.39, 0.29) is 0 Å². The number of benzene rings is 2. The second-order valence-electron chi connectivity index (χ2n) is 7.23. The van der Waals surface area contributed by atoms with Crippen LogP contribution in [0.25, 0.3) is 22.4 Å². The first-order chi connectivity index (χ1) is 14.9. The van der Waals surface area contributed by atoms with Gasteiger partial charge in [-0.15, -0.1) is 5.10 Å². The maximum Gasteiger partial charge on any atom is 0.127 e. The molecule has 0 unspecified atom stereocenters. The Kier molecular flexibility index (Phi) is 6.84.